The van der Waals surface area contributed by atoms with E-state index in [9.17, 15) is 0 Å². The molecule has 0 bridgehead atoms. The van der Waals surface area contributed by atoms with E-state index in [1.165, 1.54) is 17.7 Å². The van der Waals surface area contributed by atoms with Crippen molar-refractivity contribution in [2.24, 2.45) is 0 Å². The van der Waals surface area contributed by atoms with Crippen LogP contribution in [0.25, 0.3) is 0 Å². The van der Waals surface area contributed by atoms with Crippen LogP contribution in [0.3, 0.4) is 0 Å². The topological polar surface area (TPSA) is 47.0 Å². The fourth-order valence-corrected chi connectivity index (χ4v) is 2.43. The standard InChI is InChI=1S/C11H15N3O/c1-2-8-9(3-1)13-7-14-11(8)10-6-15-5-4-12-10/h7,10,12H,1-6H2. The highest BCUT2D eigenvalue weighted by Gasteiger charge is 2.24. The molecule has 1 aliphatic heterocycles. The summed E-state index contributed by atoms with van der Waals surface area (Å²) in [5.74, 6) is 0. The van der Waals surface area contributed by atoms with Gasteiger partial charge in [-0.15, -0.1) is 0 Å². The lowest BCUT2D eigenvalue weighted by Crippen LogP contribution is -2.35. The van der Waals surface area contributed by atoms with Crippen molar-refractivity contribution in [1.82, 2.24) is 15.3 Å². The normalized spacial score (nSPS) is 25.2. The van der Waals surface area contributed by atoms with Crippen molar-refractivity contribution in [3.63, 3.8) is 0 Å². The summed E-state index contributed by atoms with van der Waals surface area (Å²) in [6.07, 6.45) is 5.15. The van der Waals surface area contributed by atoms with Crippen molar-refractivity contribution < 1.29 is 4.74 Å². The predicted molar refractivity (Wildman–Crippen MR) is 55.6 cm³/mol. The smallest absolute Gasteiger partial charge is 0.116 e. The number of morpholine rings is 1. The maximum atomic E-state index is 5.47. The Labute approximate surface area is 89.1 Å². The van der Waals surface area contributed by atoms with E-state index in [0.29, 0.717) is 0 Å². The van der Waals surface area contributed by atoms with Gasteiger partial charge in [-0.2, -0.15) is 0 Å². The number of rotatable bonds is 1. The Hall–Kier alpha value is -1.00. The number of ether oxygens (including phenoxy) is 1. The van der Waals surface area contributed by atoms with Gasteiger partial charge in [-0.25, -0.2) is 9.97 Å². The molecule has 0 aromatic carbocycles. The summed E-state index contributed by atoms with van der Waals surface area (Å²) >= 11 is 0. The first kappa shape index (κ1) is 9.24. The van der Waals surface area contributed by atoms with Crippen LogP contribution in [0.5, 0.6) is 0 Å². The maximum Gasteiger partial charge on any atom is 0.116 e. The minimum Gasteiger partial charge on any atom is -0.378 e. The second kappa shape index (κ2) is 3.87. The number of hydrogen-bond donors (Lipinski definition) is 1. The van der Waals surface area contributed by atoms with Crippen molar-refractivity contribution in [3.05, 3.63) is 23.3 Å². The van der Waals surface area contributed by atoms with E-state index >= 15 is 0 Å². The zero-order valence-electron chi connectivity index (χ0n) is 8.70. The Morgan fingerprint density at radius 3 is 3.20 bits per heavy atom. The number of nitrogens with one attached hydrogen (secondary N) is 1. The van der Waals surface area contributed by atoms with Gasteiger partial charge in [0.25, 0.3) is 0 Å². The van der Waals surface area contributed by atoms with Gasteiger partial charge in [-0.05, 0) is 24.8 Å². The summed E-state index contributed by atoms with van der Waals surface area (Å²) in [5, 5.41) is 3.45. The van der Waals surface area contributed by atoms with Gasteiger partial charge in [0.1, 0.15) is 6.33 Å². The lowest BCUT2D eigenvalue weighted by atomic mass is 10.1. The molecule has 1 aromatic heterocycles. The van der Waals surface area contributed by atoms with Crippen LogP contribution < -0.4 is 5.32 Å². The highest BCUT2D eigenvalue weighted by atomic mass is 16.5. The van der Waals surface area contributed by atoms with Gasteiger partial charge in [0.2, 0.25) is 0 Å². The Morgan fingerprint density at radius 1 is 1.33 bits per heavy atom. The van der Waals surface area contributed by atoms with E-state index < -0.39 is 0 Å². The first-order valence-electron chi connectivity index (χ1n) is 5.59. The third kappa shape index (κ3) is 1.64. The van der Waals surface area contributed by atoms with Gasteiger partial charge in [0.05, 0.1) is 24.9 Å². The van der Waals surface area contributed by atoms with E-state index in [1.807, 2.05) is 0 Å². The van der Waals surface area contributed by atoms with Crippen molar-refractivity contribution in [2.75, 3.05) is 19.8 Å². The second-order valence-corrected chi connectivity index (χ2v) is 4.12. The van der Waals surface area contributed by atoms with E-state index in [2.05, 4.69) is 15.3 Å². The molecule has 3 rings (SSSR count). The number of fused-ring (bicyclic) bond motifs is 1. The van der Waals surface area contributed by atoms with Crippen molar-refractivity contribution >= 4 is 0 Å². The van der Waals surface area contributed by atoms with Gasteiger partial charge in [0.15, 0.2) is 0 Å². The molecule has 2 heterocycles. The quantitative estimate of drug-likeness (QED) is 0.730. The van der Waals surface area contributed by atoms with Crippen molar-refractivity contribution in [3.8, 4) is 0 Å². The highest BCUT2D eigenvalue weighted by molar-refractivity contribution is 5.31. The number of nitrogens with zero attached hydrogens (tertiary/aromatic N) is 2. The fourth-order valence-electron chi connectivity index (χ4n) is 2.43. The summed E-state index contributed by atoms with van der Waals surface area (Å²) in [5.41, 5.74) is 3.77. The summed E-state index contributed by atoms with van der Waals surface area (Å²) in [6, 6.07) is 0.272. The van der Waals surface area contributed by atoms with Crippen LogP contribution in [0.15, 0.2) is 6.33 Å². The number of aryl methyl sites for hydroxylation is 1. The van der Waals surface area contributed by atoms with Crippen molar-refractivity contribution in [2.45, 2.75) is 25.3 Å². The summed E-state index contributed by atoms with van der Waals surface area (Å²) in [4.78, 5) is 8.76. The van der Waals surface area contributed by atoms with Crippen LogP contribution in [0, 0.1) is 0 Å². The highest BCUT2D eigenvalue weighted by Crippen LogP contribution is 2.26. The first-order valence-corrected chi connectivity index (χ1v) is 5.59. The summed E-state index contributed by atoms with van der Waals surface area (Å²) in [7, 11) is 0. The molecule has 1 unspecified atom stereocenters. The van der Waals surface area contributed by atoms with Crippen LogP contribution in [0.4, 0.5) is 0 Å². The van der Waals surface area contributed by atoms with Crippen LogP contribution >= 0.6 is 0 Å². The first-order chi connectivity index (χ1) is 7.45. The summed E-state index contributed by atoms with van der Waals surface area (Å²) < 4.78 is 5.47. The number of aromatic nitrogens is 2. The molecule has 1 atom stereocenters. The van der Waals surface area contributed by atoms with E-state index in [0.717, 1.165) is 38.3 Å². The molecular formula is C11H15N3O. The monoisotopic (exact) mass is 205 g/mol. The van der Waals surface area contributed by atoms with E-state index in [1.54, 1.807) is 6.33 Å². The van der Waals surface area contributed by atoms with Crippen LogP contribution in [-0.4, -0.2) is 29.7 Å². The molecule has 80 valence electrons. The van der Waals surface area contributed by atoms with E-state index in [4.69, 9.17) is 4.74 Å². The van der Waals surface area contributed by atoms with Crippen LogP contribution in [0.1, 0.15) is 29.4 Å². The molecular weight excluding hydrogens is 190 g/mol. The molecule has 15 heavy (non-hydrogen) atoms. The Kier molecular flexibility index (Phi) is 2.38. The predicted octanol–water partition coefficient (Wildman–Crippen LogP) is 0.626. The van der Waals surface area contributed by atoms with Gasteiger partial charge >= 0.3 is 0 Å². The van der Waals surface area contributed by atoms with Crippen molar-refractivity contribution in [1.29, 1.82) is 0 Å². The molecule has 0 amide bonds. The molecule has 1 aliphatic carbocycles. The Balaban J connectivity index is 1.93. The lowest BCUT2D eigenvalue weighted by molar-refractivity contribution is 0.0753. The molecule has 0 saturated carbocycles. The molecule has 4 nitrogen and oxygen atoms in total. The van der Waals surface area contributed by atoms with E-state index in [-0.39, 0.29) is 6.04 Å². The minimum absolute atomic E-state index is 0.272. The Bertz CT molecular complexity index is 361. The van der Waals surface area contributed by atoms with Crippen LogP contribution in [-0.2, 0) is 17.6 Å². The van der Waals surface area contributed by atoms with Gasteiger partial charge in [-0.3, -0.25) is 0 Å². The average molecular weight is 205 g/mol. The third-order valence-corrected chi connectivity index (χ3v) is 3.16. The van der Waals surface area contributed by atoms with Gasteiger partial charge in [0, 0.05) is 12.2 Å². The minimum atomic E-state index is 0.272. The largest absolute Gasteiger partial charge is 0.378 e. The molecule has 0 radical (unpaired) electrons. The van der Waals surface area contributed by atoms with Gasteiger partial charge in [-0.1, -0.05) is 0 Å². The fraction of sp³-hybridized carbons (Fsp3) is 0.636. The molecule has 1 fully saturated rings. The molecule has 1 N–H and O–H groups in total. The molecule has 1 saturated heterocycles. The maximum absolute atomic E-state index is 5.47. The number of hydrogen-bond acceptors (Lipinski definition) is 4. The Morgan fingerprint density at radius 2 is 2.33 bits per heavy atom. The zero-order valence-corrected chi connectivity index (χ0v) is 8.70. The lowest BCUT2D eigenvalue weighted by Gasteiger charge is -2.24. The van der Waals surface area contributed by atoms with Crippen LogP contribution in [0.2, 0.25) is 0 Å². The third-order valence-electron chi connectivity index (χ3n) is 3.16. The molecule has 2 aliphatic rings. The average Bonchev–Trinajstić information content (AvgIpc) is 2.78. The summed E-state index contributed by atoms with van der Waals surface area (Å²) in [6.45, 7) is 2.47. The SMILES string of the molecule is c1nc2c(c(C3COCCN3)n1)CCC2. The molecule has 4 heteroatoms. The zero-order chi connectivity index (χ0) is 10.1. The molecule has 1 aromatic rings. The second-order valence-electron chi connectivity index (χ2n) is 4.12. The van der Waals surface area contributed by atoms with Gasteiger partial charge < -0.3 is 10.1 Å². The molecule has 0 spiro atoms.